The first-order valence-corrected chi connectivity index (χ1v) is 7.97. The Kier molecular flexibility index (Phi) is 3.19. The highest BCUT2D eigenvalue weighted by molar-refractivity contribution is 5.75. The molecule has 2 heterocycles. The highest BCUT2D eigenvalue weighted by Gasteiger charge is 2.28. The van der Waals surface area contributed by atoms with Crippen molar-refractivity contribution < 1.29 is 0 Å². The number of anilines is 1. The van der Waals surface area contributed by atoms with Crippen molar-refractivity contribution in [3.63, 3.8) is 0 Å². The third kappa shape index (κ3) is 2.14. The fourth-order valence-electron chi connectivity index (χ4n) is 3.66. The molecule has 1 aromatic carbocycles. The summed E-state index contributed by atoms with van der Waals surface area (Å²) in [5.41, 5.74) is 5.41. The van der Waals surface area contributed by atoms with Crippen LogP contribution in [0.1, 0.15) is 30.4 Å². The van der Waals surface area contributed by atoms with Crippen molar-refractivity contribution in [2.45, 2.75) is 25.7 Å². The van der Waals surface area contributed by atoms with Crippen molar-refractivity contribution in [1.82, 2.24) is 15.5 Å². The van der Waals surface area contributed by atoms with Gasteiger partial charge in [0.1, 0.15) is 0 Å². The molecule has 1 atom stereocenters. The summed E-state index contributed by atoms with van der Waals surface area (Å²) in [5, 5.41) is 11.4. The number of rotatable bonds is 1. The number of aromatic amines is 1. The largest absolute Gasteiger partial charge is 0.354 e. The van der Waals surface area contributed by atoms with Crippen molar-refractivity contribution in [2.75, 3.05) is 31.1 Å². The van der Waals surface area contributed by atoms with Crippen LogP contribution in [-0.2, 0) is 6.42 Å². The number of hydrogen-bond donors (Lipinski definition) is 2. The van der Waals surface area contributed by atoms with Crippen molar-refractivity contribution >= 4 is 5.82 Å². The van der Waals surface area contributed by atoms with Crippen LogP contribution in [0.5, 0.6) is 0 Å². The van der Waals surface area contributed by atoms with Crippen molar-refractivity contribution in [3.8, 4) is 11.3 Å². The van der Waals surface area contributed by atoms with E-state index < -0.39 is 0 Å². The second-order valence-corrected chi connectivity index (χ2v) is 6.18. The lowest BCUT2D eigenvalue weighted by atomic mass is 9.82. The minimum atomic E-state index is 0.565. The first kappa shape index (κ1) is 12.9. The Morgan fingerprint density at radius 2 is 2.10 bits per heavy atom. The highest BCUT2D eigenvalue weighted by Crippen LogP contribution is 2.41. The van der Waals surface area contributed by atoms with Gasteiger partial charge in [0.25, 0.3) is 0 Å². The minimum Gasteiger partial charge on any atom is -0.354 e. The molecule has 2 N–H and O–H groups in total. The average molecular weight is 282 g/mol. The monoisotopic (exact) mass is 282 g/mol. The average Bonchev–Trinajstić information content (AvgIpc) is 2.75. The third-order valence-electron chi connectivity index (χ3n) is 4.76. The molecule has 1 fully saturated rings. The van der Waals surface area contributed by atoms with Gasteiger partial charge in [-0.25, -0.2) is 0 Å². The number of nitrogens with zero attached hydrogens (tertiary/aromatic N) is 2. The van der Waals surface area contributed by atoms with Crippen LogP contribution in [0.4, 0.5) is 5.82 Å². The van der Waals surface area contributed by atoms with Crippen molar-refractivity contribution in [3.05, 3.63) is 35.4 Å². The zero-order chi connectivity index (χ0) is 14.2. The summed E-state index contributed by atoms with van der Waals surface area (Å²) in [6.45, 7) is 6.63. The Hall–Kier alpha value is -1.81. The van der Waals surface area contributed by atoms with E-state index in [1.54, 1.807) is 0 Å². The molecule has 0 saturated carbocycles. The lowest BCUT2D eigenvalue weighted by molar-refractivity contribution is 0.724. The predicted molar refractivity (Wildman–Crippen MR) is 85.8 cm³/mol. The van der Waals surface area contributed by atoms with E-state index in [0.717, 1.165) is 32.6 Å². The summed E-state index contributed by atoms with van der Waals surface area (Å²) < 4.78 is 0. The van der Waals surface area contributed by atoms with Crippen LogP contribution in [-0.4, -0.2) is 36.4 Å². The van der Waals surface area contributed by atoms with E-state index in [-0.39, 0.29) is 0 Å². The number of hydrogen-bond acceptors (Lipinski definition) is 3. The Bertz CT molecular complexity index is 638. The fourth-order valence-corrected chi connectivity index (χ4v) is 3.66. The summed E-state index contributed by atoms with van der Waals surface area (Å²) in [5.74, 6) is 1.74. The molecule has 4 rings (SSSR count). The molecule has 1 aliphatic carbocycles. The second-order valence-electron chi connectivity index (χ2n) is 6.18. The summed E-state index contributed by atoms with van der Waals surface area (Å²) >= 11 is 0. The maximum atomic E-state index is 4.67. The van der Waals surface area contributed by atoms with Gasteiger partial charge in [0.15, 0.2) is 5.82 Å². The van der Waals surface area contributed by atoms with Gasteiger partial charge < -0.3 is 10.2 Å². The fraction of sp³-hybridized carbons (Fsp3) is 0.471. The van der Waals surface area contributed by atoms with Gasteiger partial charge in [0, 0.05) is 30.8 Å². The molecule has 0 amide bonds. The molecule has 2 aromatic rings. The number of benzene rings is 1. The van der Waals surface area contributed by atoms with Gasteiger partial charge in [-0.15, -0.1) is 0 Å². The minimum absolute atomic E-state index is 0.565. The van der Waals surface area contributed by atoms with E-state index in [4.69, 9.17) is 0 Å². The Labute approximate surface area is 125 Å². The zero-order valence-electron chi connectivity index (χ0n) is 12.5. The standard InChI is InChI=1S/C17H22N4/c1-12-11-15-16(14-6-3-2-5-13(12)14)19-20-17(15)21-9-4-7-18-8-10-21/h2-3,5-6,12,18H,4,7-11H2,1H3,(H,19,20). The molecule has 2 aliphatic rings. The van der Waals surface area contributed by atoms with Crippen LogP contribution < -0.4 is 10.2 Å². The lowest BCUT2D eigenvalue weighted by Crippen LogP contribution is -2.29. The molecule has 4 heteroatoms. The molecule has 1 saturated heterocycles. The van der Waals surface area contributed by atoms with E-state index in [0.29, 0.717) is 5.92 Å². The summed E-state index contributed by atoms with van der Waals surface area (Å²) in [6, 6.07) is 8.73. The molecule has 1 unspecified atom stereocenters. The van der Waals surface area contributed by atoms with Gasteiger partial charge in [0.05, 0.1) is 5.69 Å². The quantitative estimate of drug-likeness (QED) is 0.845. The summed E-state index contributed by atoms with van der Waals surface area (Å²) in [6.07, 6.45) is 2.27. The Balaban J connectivity index is 1.76. The summed E-state index contributed by atoms with van der Waals surface area (Å²) in [4.78, 5) is 2.44. The molecule has 4 nitrogen and oxygen atoms in total. The molecule has 110 valence electrons. The van der Waals surface area contributed by atoms with Gasteiger partial charge in [-0.2, -0.15) is 5.10 Å². The molecular formula is C17H22N4. The SMILES string of the molecule is CC1Cc2c(N3CCCNCC3)n[nH]c2-c2ccccc21. The van der Waals surface area contributed by atoms with Crippen LogP contribution in [0.15, 0.2) is 24.3 Å². The van der Waals surface area contributed by atoms with E-state index in [1.165, 1.54) is 34.6 Å². The van der Waals surface area contributed by atoms with Gasteiger partial charge >= 0.3 is 0 Å². The number of aromatic nitrogens is 2. The number of nitrogens with one attached hydrogen (secondary N) is 2. The zero-order valence-corrected chi connectivity index (χ0v) is 12.5. The first-order valence-electron chi connectivity index (χ1n) is 7.97. The predicted octanol–water partition coefficient (Wildman–Crippen LogP) is 2.54. The summed E-state index contributed by atoms with van der Waals surface area (Å²) in [7, 11) is 0. The van der Waals surface area contributed by atoms with Gasteiger partial charge in [-0.05, 0) is 30.9 Å². The van der Waals surface area contributed by atoms with E-state index in [1.807, 2.05) is 0 Å². The molecule has 21 heavy (non-hydrogen) atoms. The van der Waals surface area contributed by atoms with Crippen LogP contribution in [0.25, 0.3) is 11.3 Å². The Morgan fingerprint density at radius 3 is 3.05 bits per heavy atom. The molecule has 0 spiro atoms. The molecule has 0 radical (unpaired) electrons. The number of H-pyrrole nitrogens is 1. The smallest absolute Gasteiger partial charge is 0.154 e. The van der Waals surface area contributed by atoms with Crippen LogP contribution in [0.3, 0.4) is 0 Å². The van der Waals surface area contributed by atoms with E-state index in [9.17, 15) is 0 Å². The normalized spacial score (nSPS) is 21.6. The highest BCUT2D eigenvalue weighted by atomic mass is 15.3. The first-order chi connectivity index (χ1) is 10.3. The maximum Gasteiger partial charge on any atom is 0.154 e. The maximum absolute atomic E-state index is 4.67. The topological polar surface area (TPSA) is 44.0 Å². The molecule has 0 bridgehead atoms. The van der Waals surface area contributed by atoms with Crippen LogP contribution >= 0.6 is 0 Å². The Morgan fingerprint density at radius 1 is 1.19 bits per heavy atom. The third-order valence-corrected chi connectivity index (χ3v) is 4.76. The van der Waals surface area contributed by atoms with Crippen LogP contribution in [0, 0.1) is 0 Å². The number of fused-ring (bicyclic) bond motifs is 3. The van der Waals surface area contributed by atoms with Gasteiger partial charge in [-0.1, -0.05) is 31.2 Å². The van der Waals surface area contributed by atoms with Gasteiger partial charge in [-0.3, -0.25) is 5.10 Å². The second kappa shape index (κ2) is 5.19. The molecule has 1 aliphatic heterocycles. The van der Waals surface area contributed by atoms with E-state index in [2.05, 4.69) is 51.6 Å². The molecule has 1 aromatic heterocycles. The van der Waals surface area contributed by atoms with Crippen molar-refractivity contribution in [1.29, 1.82) is 0 Å². The molecular weight excluding hydrogens is 260 g/mol. The van der Waals surface area contributed by atoms with Gasteiger partial charge in [0.2, 0.25) is 0 Å². The van der Waals surface area contributed by atoms with Crippen LogP contribution in [0.2, 0.25) is 0 Å². The lowest BCUT2D eigenvalue weighted by Gasteiger charge is -2.26. The van der Waals surface area contributed by atoms with Crippen molar-refractivity contribution in [2.24, 2.45) is 0 Å². The van der Waals surface area contributed by atoms with E-state index >= 15 is 0 Å².